The lowest BCUT2D eigenvalue weighted by atomic mass is 10.1. The standard InChI is InChI=1S/C10H9BrF3NO2/c1-2-17-8(16)4-6-3-7(11)5-15-9(6)10(12,13)14/h3,5H,2,4H2,1H3. The molecule has 17 heavy (non-hydrogen) atoms. The van der Waals surface area contributed by atoms with Gasteiger partial charge in [0.15, 0.2) is 0 Å². The molecule has 0 atom stereocenters. The van der Waals surface area contributed by atoms with Gasteiger partial charge in [-0.05, 0) is 34.5 Å². The van der Waals surface area contributed by atoms with Gasteiger partial charge in [-0.15, -0.1) is 0 Å². The molecule has 0 aromatic carbocycles. The summed E-state index contributed by atoms with van der Waals surface area (Å²) in [5, 5.41) is 0. The van der Waals surface area contributed by atoms with Crippen LogP contribution >= 0.6 is 15.9 Å². The maximum atomic E-state index is 12.6. The Balaban J connectivity index is 3.04. The molecule has 0 saturated heterocycles. The van der Waals surface area contributed by atoms with Crippen LogP contribution in [-0.4, -0.2) is 17.6 Å². The maximum absolute atomic E-state index is 12.6. The molecular weight excluding hydrogens is 303 g/mol. The van der Waals surface area contributed by atoms with Gasteiger partial charge in [-0.3, -0.25) is 9.78 Å². The molecule has 0 spiro atoms. The molecule has 0 aliphatic carbocycles. The fraction of sp³-hybridized carbons (Fsp3) is 0.400. The highest BCUT2D eigenvalue weighted by Gasteiger charge is 2.35. The predicted molar refractivity (Wildman–Crippen MR) is 57.3 cm³/mol. The van der Waals surface area contributed by atoms with E-state index in [2.05, 4.69) is 25.7 Å². The second-order valence-electron chi connectivity index (χ2n) is 3.14. The van der Waals surface area contributed by atoms with Crippen LogP contribution in [0, 0.1) is 0 Å². The highest BCUT2D eigenvalue weighted by Crippen LogP contribution is 2.31. The van der Waals surface area contributed by atoms with Gasteiger partial charge in [-0.1, -0.05) is 0 Å². The third-order valence-corrected chi connectivity index (χ3v) is 2.28. The topological polar surface area (TPSA) is 39.2 Å². The van der Waals surface area contributed by atoms with E-state index in [-0.39, 0.29) is 12.2 Å². The summed E-state index contributed by atoms with van der Waals surface area (Å²) in [4.78, 5) is 14.5. The number of esters is 1. The quantitative estimate of drug-likeness (QED) is 0.806. The van der Waals surface area contributed by atoms with E-state index in [1.807, 2.05) is 0 Å². The smallest absolute Gasteiger partial charge is 0.433 e. The van der Waals surface area contributed by atoms with Gasteiger partial charge in [0, 0.05) is 10.7 Å². The van der Waals surface area contributed by atoms with Gasteiger partial charge >= 0.3 is 12.1 Å². The van der Waals surface area contributed by atoms with Crippen LogP contribution in [0.2, 0.25) is 0 Å². The molecule has 0 amide bonds. The van der Waals surface area contributed by atoms with Crippen LogP contribution in [0.4, 0.5) is 13.2 Å². The first-order valence-corrected chi connectivity index (χ1v) is 5.51. The van der Waals surface area contributed by atoms with Crippen LogP contribution in [-0.2, 0) is 22.1 Å². The number of alkyl halides is 3. The van der Waals surface area contributed by atoms with Crippen molar-refractivity contribution >= 4 is 21.9 Å². The Hall–Kier alpha value is -1.11. The summed E-state index contributed by atoms with van der Waals surface area (Å²) in [6.07, 6.45) is -3.99. The fourth-order valence-corrected chi connectivity index (χ4v) is 1.62. The van der Waals surface area contributed by atoms with E-state index in [1.165, 1.54) is 6.07 Å². The number of carbonyl (C=O) groups is 1. The number of rotatable bonds is 3. The summed E-state index contributed by atoms with van der Waals surface area (Å²) in [6, 6.07) is 1.22. The van der Waals surface area contributed by atoms with E-state index in [1.54, 1.807) is 6.92 Å². The number of nitrogens with zero attached hydrogens (tertiary/aromatic N) is 1. The summed E-state index contributed by atoms with van der Waals surface area (Å²) in [5.41, 5.74) is -1.26. The largest absolute Gasteiger partial charge is 0.466 e. The van der Waals surface area contributed by atoms with Crippen molar-refractivity contribution in [2.45, 2.75) is 19.5 Å². The molecule has 0 fully saturated rings. The zero-order valence-corrected chi connectivity index (χ0v) is 10.4. The Morgan fingerprint density at radius 2 is 2.18 bits per heavy atom. The zero-order chi connectivity index (χ0) is 13.1. The number of ether oxygens (including phenoxy) is 1. The predicted octanol–water partition coefficient (Wildman–Crippen LogP) is 2.97. The van der Waals surface area contributed by atoms with E-state index >= 15 is 0 Å². The van der Waals surface area contributed by atoms with E-state index < -0.39 is 24.3 Å². The third kappa shape index (κ3) is 3.99. The Bertz CT molecular complexity index is 421. The van der Waals surface area contributed by atoms with Crippen molar-refractivity contribution in [2.24, 2.45) is 0 Å². The molecule has 0 aliphatic rings. The molecule has 1 aromatic heterocycles. The Labute approximate surface area is 104 Å². The summed E-state index contributed by atoms with van der Waals surface area (Å²) in [5.74, 6) is -0.710. The van der Waals surface area contributed by atoms with Crippen molar-refractivity contribution in [1.29, 1.82) is 0 Å². The maximum Gasteiger partial charge on any atom is 0.433 e. The van der Waals surface area contributed by atoms with Crippen LogP contribution in [0.1, 0.15) is 18.2 Å². The Kier molecular flexibility index (Phi) is 4.50. The molecule has 1 aromatic rings. The Morgan fingerprint density at radius 1 is 1.53 bits per heavy atom. The van der Waals surface area contributed by atoms with Gasteiger partial charge in [0.2, 0.25) is 0 Å². The van der Waals surface area contributed by atoms with Crippen LogP contribution in [0.15, 0.2) is 16.7 Å². The van der Waals surface area contributed by atoms with Crippen molar-refractivity contribution in [2.75, 3.05) is 6.61 Å². The molecule has 0 N–H and O–H groups in total. The van der Waals surface area contributed by atoms with Crippen molar-refractivity contribution in [3.05, 3.63) is 28.0 Å². The van der Waals surface area contributed by atoms with E-state index in [9.17, 15) is 18.0 Å². The van der Waals surface area contributed by atoms with E-state index in [4.69, 9.17) is 0 Å². The second kappa shape index (κ2) is 5.48. The molecule has 0 radical (unpaired) electrons. The number of hydrogen-bond acceptors (Lipinski definition) is 3. The average molecular weight is 312 g/mol. The minimum Gasteiger partial charge on any atom is -0.466 e. The van der Waals surface area contributed by atoms with Gasteiger partial charge in [-0.2, -0.15) is 13.2 Å². The highest BCUT2D eigenvalue weighted by molar-refractivity contribution is 9.10. The van der Waals surface area contributed by atoms with Gasteiger partial charge in [0.05, 0.1) is 13.0 Å². The molecule has 0 saturated carbocycles. The van der Waals surface area contributed by atoms with E-state index in [0.29, 0.717) is 4.47 Å². The summed E-state index contributed by atoms with van der Waals surface area (Å²) < 4.78 is 42.7. The minimum atomic E-state index is -4.58. The molecule has 0 bridgehead atoms. The highest BCUT2D eigenvalue weighted by atomic mass is 79.9. The third-order valence-electron chi connectivity index (χ3n) is 1.84. The van der Waals surface area contributed by atoms with Crippen LogP contribution in [0.5, 0.6) is 0 Å². The molecule has 7 heteroatoms. The average Bonchev–Trinajstić information content (AvgIpc) is 2.15. The first kappa shape index (κ1) is 14.0. The number of carbonyl (C=O) groups excluding carboxylic acids is 1. The van der Waals surface area contributed by atoms with Crippen molar-refractivity contribution in [3.8, 4) is 0 Å². The van der Waals surface area contributed by atoms with Crippen molar-refractivity contribution in [3.63, 3.8) is 0 Å². The number of pyridine rings is 1. The first-order valence-electron chi connectivity index (χ1n) is 4.71. The molecule has 94 valence electrons. The number of halogens is 4. The lowest BCUT2D eigenvalue weighted by Gasteiger charge is -2.11. The van der Waals surface area contributed by atoms with E-state index in [0.717, 1.165) is 6.20 Å². The Morgan fingerprint density at radius 3 is 2.71 bits per heavy atom. The van der Waals surface area contributed by atoms with Gasteiger partial charge in [0.1, 0.15) is 5.69 Å². The van der Waals surface area contributed by atoms with Crippen LogP contribution in [0.3, 0.4) is 0 Å². The molecular formula is C10H9BrF3NO2. The van der Waals surface area contributed by atoms with Gasteiger partial charge in [-0.25, -0.2) is 0 Å². The molecule has 0 unspecified atom stereocenters. The summed E-state index contributed by atoms with van der Waals surface area (Å²) in [7, 11) is 0. The van der Waals surface area contributed by atoms with Gasteiger partial charge in [0.25, 0.3) is 0 Å². The number of aromatic nitrogens is 1. The van der Waals surface area contributed by atoms with Crippen LogP contribution < -0.4 is 0 Å². The van der Waals surface area contributed by atoms with Gasteiger partial charge < -0.3 is 4.74 Å². The SMILES string of the molecule is CCOC(=O)Cc1cc(Br)cnc1C(F)(F)F. The van der Waals surface area contributed by atoms with Crippen molar-refractivity contribution < 1.29 is 22.7 Å². The normalized spacial score (nSPS) is 11.4. The monoisotopic (exact) mass is 311 g/mol. The minimum absolute atomic E-state index is 0.127. The van der Waals surface area contributed by atoms with Crippen molar-refractivity contribution in [1.82, 2.24) is 4.98 Å². The fourth-order valence-electron chi connectivity index (χ4n) is 1.24. The first-order chi connectivity index (χ1) is 7.84. The number of hydrogen-bond donors (Lipinski definition) is 0. The molecule has 1 heterocycles. The molecule has 0 aliphatic heterocycles. The van der Waals surface area contributed by atoms with Crippen LogP contribution in [0.25, 0.3) is 0 Å². The molecule has 3 nitrogen and oxygen atoms in total. The summed E-state index contributed by atoms with van der Waals surface area (Å²) in [6.45, 7) is 1.71. The lowest BCUT2D eigenvalue weighted by molar-refractivity contribution is -0.144. The lowest BCUT2D eigenvalue weighted by Crippen LogP contribution is -2.16. The zero-order valence-electron chi connectivity index (χ0n) is 8.84. The summed E-state index contributed by atoms with van der Waals surface area (Å²) >= 11 is 3.01. The molecule has 1 rings (SSSR count). The second-order valence-corrected chi connectivity index (χ2v) is 4.06.